The summed E-state index contributed by atoms with van der Waals surface area (Å²) in [4.78, 5) is 26.3. The van der Waals surface area contributed by atoms with Crippen molar-refractivity contribution in [3.05, 3.63) is 46.4 Å². The number of ether oxygens (including phenoxy) is 2. The molecule has 0 bridgehead atoms. The molecule has 144 valence electrons. The number of hydrogen-bond donors (Lipinski definition) is 1. The maximum Gasteiger partial charge on any atom is 0.305 e. The fourth-order valence-electron chi connectivity index (χ4n) is 3.65. The Morgan fingerprint density at radius 3 is 2.41 bits per heavy atom. The molecule has 1 amide bonds. The maximum atomic E-state index is 13.1. The van der Waals surface area contributed by atoms with Crippen LogP contribution in [0.2, 0.25) is 0 Å². The molecule has 3 rings (SSSR count). The number of aliphatic carboxylic acids is 1. The minimum atomic E-state index is -0.972. The SMILES string of the molecule is COc1cc2c(cc1OC)[C@@H](CC(=O)O)N(C(=O)c1cc(C)oc1C)CC2. The first-order valence-corrected chi connectivity index (χ1v) is 8.70. The quantitative estimate of drug-likeness (QED) is 0.866. The van der Waals surface area contributed by atoms with Gasteiger partial charge in [0.1, 0.15) is 11.5 Å². The summed E-state index contributed by atoms with van der Waals surface area (Å²) in [6, 6.07) is 4.74. The Hall–Kier alpha value is -2.96. The summed E-state index contributed by atoms with van der Waals surface area (Å²) in [6.45, 7) is 3.93. The number of carboxylic acids is 1. The van der Waals surface area contributed by atoms with Crippen LogP contribution in [0.25, 0.3) is 0 Å². The molecular formula is C20H23NO6. The maximum absolute atomic E-state index is 13.1. The summed E-state index contributed by atoms with van der Waals surface area (Å²) in [5.41, 5.74) is 2.20. The summed E-state index contributed by atoms with van der Waals surface area (Å²) in [5, 5.41) is 9.43. The number of furan rings is 1. The van der Waals surface area contributed by atoms with Gasteiger partial charge < -0.3 is 23.9 Å². The second kappa shape index (κ2) is 7.34. The third-order valence-electron chi connectivity index (χ3n) is 4.90. The van der Waals surface area contributed by atoms with E-state index in [2.05, 4.69) is 0 Å². The van der Waals surface area contributed by atoms with Crippen LogP contribution in [0.5, 0.6) is 11.5 Å². The van der Waals surface area contributed by atoms with Crippen molar-refractivity contribution in [2.75, 3.05) is 20.8 Å². The van der Waals surface area contributed by atoms with Crippen molar-refractivity contribution in [1.29, 1.82) is 0 Å². The van der Waals surface area contributed by atoms with Gasteiger partial charge in [0.25, 0.3) is 5.91 Å². The number of methoxy groups -OCH3 is 2. The van der Waals surface area contributed by atoms with Crippen LogP contribution in [0.4, 0.5) is 0 Å². The standard InChI is InChI=1S/C20H23NO6/c1-11-7-14(12(2)27-11)20(24)21-6-5-13-8-17(25-3)18(26-4)9-15(13)16(21)10-19(22)23/h7-9,16H,5-6,10H2,1-4H3,(H,22,23)/t16-/m1/s1. The summed E-state index contributed by atoms with van der Waals surface area (Å²) in [7, 11) is 3.08. The highest BCUT2D eigenvalue weighted by Gasteiger charge is 2.35. The highest BCUT2D eigenvalue weighted by molar-refractivity contribution is 5.96. The molecule has 1 N–H and O–H groups in total. The van der Waals surface area contributed by atoms with E-state index in [1.54, 1.807) is 38.0 Å². The van der Waals surface area contributed by atoms with E-state index in [1.807, 2.05) is 6.07 Å². The normalized spacial score (nSPS) is 16.0. The number of fused-ring (bicyclic) bond motifs is 1. The zero-order valence-electron chi connectivity index (χ0n) is 15.9. The zero-order valence-corrected chi connectivity index (χ0v) is 15.9. The Balaban J connectivity index is 2.05. The monoisotopic (exact) mass is 373 g/mol. The van der Waals surface area contributed by atoms with Crippen LogP contribution in [0, 0.1) is 13.8 Å². The van der Waals surface area contributed by atoms with Gasteiger partial charge in [0.15, 0.2) is 11.5 Å². The van der Waals surface area contributed by atoms with E-state index >= 15 is 0 Å². The molecule has 7 heteroatoms. The van der Waals surface area contributed by atoms with Crippen molar-refractivity contribution in [3.8, 4) is 11.5 Å². The van der Waals surface area contributed by atoms with Crippen LogP contribution in [-0.4, -0.2) is 42.6 Å². The minimum absolute atomic E-state index is 0.190. The van der Waals surface area contributed by atoms with Gasteiger partial charge >= 0.3 is 5.97 Å². The largest absolute Gasteiger partial charge is 0.493 e. The van der Waals surface area contributed by atoms with E-state index in [0.29, 0.717) is 41.5 Å². The second-order valence-electron chi connectivity index (χ2n) is 6.60. The average molecular weight is 373 g/mol. The molecule has 0 aliphatic carbocycles. The fourth-order valence-corrected chi connectivity index (χ4v) is 3.65. The molecule has 2 heterocycles. The molecule has 1 aromatic carbocycles. The number of carboxylic acid groups (broad SMARTS) is 1. The molecule has 7 nitrogen and oxygen atoms in total. The Morgan fingerprint density at radius 2 is 1.85 bits per heavy atom. The predicted octanol–water partition coefficient (Wildman–Crippen LogP) is 3.13. The minimum Gasteiger partial charge on any atom is -0.493 e. The molecule has 0 unspecified atom stereocenters. The first kappa shape index (κ1) is 18.8. The van der Waals surface area contributed by atoms with Gasteiger partial charge in [-0.25, -0.2) is 0 Å². The summed E-state index contributed by atoms with van der Waals surface area (Å²) < 4.78 is 16.2. The number of aryl methyl sites for hydroxylation is 2. The summed E-state index contributed by atoms with van der Waals surface area (Å²) >= 11 is 0. The molecule has 0 spiro atoms. The molecular weight excluding hydrogens is 350 g/mol. The van der Waals surface area contributed by atoms with E-state index in [-0.39, 0.29) is 12.3 Å². The Kier molecular flexibility index (Phi) is 5.12. The third kappa shape index (κ3) is 3.49. The Morgan fingerprint density at radius 1 is 1.19 bits per heavy atom. The first-order chi connectivity index (χ1) is 12.8. The number of rotatable bonds is 5. The van der Waals surface area contributed by atoms with Crippen molar-refractivity contribution in [2.24, 2.45) is 0 Å². The summed E-state index contributed by atoms with van der Waals surface area (Å²) in [5.74, 6) is 1.08. The number of carbonyl (C=O) groups is 2. The van der Waals surface area contributed by atoms with Crippen LogP contribution in [0.3, 0.4) is 0 Å². The number of amides is 1. The highest BCUT2D eigenvalue weighted by atomic mass is 16.5. The lowest BCUT2D eigenvalue weighted by Crippen LogP contribution is -2.41. The molecule has 27 heavy (non-hydrogen) atoms. The van der Waals surface area contributed by atoms with Gasteiger partial charge in [-0.05, 0) is 49.6 Å². The van der Waals surface area contributed by atoms with Crippen molar-refractivity contribution in [1.82, 2.24) is 4.90 Å². The topological polar surface area (TPSA) is 89.2 Å². The molecule has 2 aromatic rings. The van der Waals surface area contributed by atoms with Gasteiger partial charge in [0.05, 0.1) is 32.2 Å². The Labute approximate surface area is 157 Å². The van der Waals surface area contributed by atoms with Gasteiger partial charge in [-0.2, -0.15) is 0 Å². The smallest absolute Gasteiger partial charge is 0.305 e. The molecule has 1 atom stereocenters. The van der Waals surface area contributed by atoms with Gasteiger partial charge in [-0.15, -0.1) is 0 Å². The van der Waals surface area contributed by atoms with Crippen LogP contribution in [-0.2, 0) is 11.2 Å². The van der Waals surface area contributed by atoms with E-state index in [0.717, 1.165) is 11.1 Å². The molecule has 1 aliphatic heterocycles. The number of carbonyl (C=O) groups excluding carboxylic acids is 1. The first-order valence-electron chi connectivity index (χ1n) is 8.70. The molecule has 0 radical (unpaired) electrons. The van der Waals surface area contributed by atoms with E-state index in [9.17, 15) is 14.7 Å². The molecule has 0 saturated carbocycles. The van der Waals surface area contributed by atoms with Crippen molar-refractivity contribution >= 4 is 11.9 Å². The van der Waals surface area contributed by atoms with Crippen molar-refractivity contribution in [3.63, 3.8) is 0 Å². The molecule has 1 aromatic heterocycles. The van der Waals surface area contributed by atoms with Crippen LogP contribution in [0.15, 0.2) is 22.6 Å². The lowest BCUT2D eigenvalue weighted by molar-refractivity contribution is -0.138. The molecule has 0 fully saturated rings. The Bertz CT molecular complexity index is 885. The fraction of sp³-hybridized carbons (Fsp3) is 0.400. The van der Waals surface area contributed by atoms with E-state index in [1.165, 1.54) is 7.11 Å². The third-order valence-corrected chi connectivity index (χ3v) is 4.90. The van der Waals surface area contributed by atoms with Crippen molar-refractivity contribution in [2.45, 2.75) is 32.7 Å². The van der Waals surface area contributed by atoms with Gasteiger partial charge in [0, 0.05) is 6.54 Å². The predicted molar refractivity (Wildman–Crippen MR) is 97.5 cm³/mol. The molecule has 1 aliphatic rings. The van der Waals surface area contributed by atoms with Crippen LogP contribution < -0.4 is 9.47 Å². The van der Waals surface area contributed by atoms with Gasteiger partial charge in [-0.1, -0.05) is 0 Å². The number of benzene rings is 1. The number of nitrogens with zero attached hydrogens (tertiary/aromatic N) is 1. The molecule has 0 saturated heterocycles. The number of hydrogen-bond acceptors (Lipinski definition) is 5. The van der Waals surface area contributed by atoms with Gasteiger partial charge in [0.2, 0.25) is 0 Å². The zero-order chi connectivity index (χ0) is 19.7. The van der Waals surface area contributed by atoms with Crippen LogP contribution >= 0.6 is 0 Å². The highest BCUT2D eigenvalue weighted by Crippen LogP contribution is 2.40. The second-order valence-corrected chi connectivity index (χ2v) is 6.60. The lowest BCUT2D eigenvalue weighted by Gasteiger charge is -2.37. The summed E-state index contributed by atoms with van der Waals surface area (Å²) in [6.07, 6.45) is 0.414. The van der Waals surface area contributed by atoms with Gasteiger partial charge in [-0.3, -0.25) is 9.59 Å². The van der Waals surface area contributed by atoms with E-state index in [4.69, 9.17) is 13.9 Å². The average Bonchev–Trinajstić information content (AvgIpc) is 2.98. The van der Waals surface area contributed by atoms with Crippen molar-refractivity contribution < 1.29 is 28.6 Å². The lowest BCUT2D eigenvalue weighted by atomic mass is 9.89. The van der Waals surface area contributed by atoms with Crippen LogP contribution in [0.1, 0.15) is 45.5 Å². The van der Waals surface area contributed by atoms with E-state index < -0.39 is 12.0 Å².